The Morgan fingerprint density at radius 2 is 2.00 bits per heavy atom. The van der Waals surface area contributed by atoms with Gasteiger partial charge in [0.1, 0.15) is 9.84 Å². The predicted octanol–water partition coefficient (Wildman–Crippen LogP) is 1.26. The highest BCUT2D eigenvalue weighted by Gasteiger charge is 2.10. The number of aromatic nitrogens is 2. The fourth-order valence-corrected chi connectivity index (χ4v) is 2.90. The molecule has 0 aliphatic rings. The van der Waals surface area contributed by atoms with E-state index in [1.54, 1.807) is 0 Å². The van der Waals surface area contributed by atoms with Crippen molar-refractivity contribution in [3.8, 4) is 11.4 Å². The second-order valence-corrected chi connectivity index (χ2v) is 7.01. The minimum atomic E-state index is -2.95. The summed E-state index contributed by atoms with van der Waals surface area (Å²) in [6.07, 6.45) is 2.53. The Balaban J connectivity index is 1.91. The number of nitrogens with one attached hydrogen (secondary N) is 1. The molecule has 1 aromatic heterocycles. The van der Waals surface area contributed by atoms with E-state index in [4.69, 9.17) is 4.52 Å². The van der Waals surface area contributed by atoms with Crippen LogP contribution < -0.4 is 5.32 Å². The molecule has 0 aliphatic heterocycles. The predicted molar refractivity (Wildman–Crippen MR) is 75.7 cm³/mol. The molecular weight excluding hydrogens is 278 g/mol. The smallest absolute Gasteiger partial charge is 0.214 e. The van der Waals surface area contributed by atoms with Crippen LogP contribution in [0.2, 0.25) is 0 Å². The van der Waals surface area contributed by atoms with Gasteiger partial charge in [-0.1, -0.05) is 29.4 Å². The number of hydrogen-bond acceptors (Lipinski definition) is 6. The Labute approximate surface area is 118 Å². The highest BCUT2D eigenvalue weighted by molar-refractivity contribution is 7.90. The lowest BCUT2D eigenvalue weighted by atomic mass is 10.1. The maximum absolute atomic E-state index is 11.2. The standard InChI is InChI=1S/C13H17N3O3S/c1-10(8-20(2,17)18)14-7-11-3-5-12(6-4-11)13-15-9-19-16-13/h3-6,9-10,14H,7-8H2,1-2H3/t10-/m1/s1. The molecule has 1 atom stereocenters. The van der Waals surface area contributed by atoms with Crippen LogP contribution in [0.15, 0.2) is 35.2 Å². The molecule has 1 N–H and O–H groups in total. The van der Waals surface area contributed by atoms with Crippen molar-refractivity contribution in [2.75, 3.05) is 12.0 Å². The molecule has 0 spiro atoms. The fraction of sp³-hybridized carbons (Fsp3) is 0.385. The van der Waals surface area contributed by atoms with E-state index < -0.39 is 9.84 Å². The van der Waals surface area contributed by atoms with Gasteiger partial charge in [-0.05, 0) is 12.5 Å². The SMILES string of the molecule is C[C@H](CS(C)(=O)=O)NCc1ccc(-c2ncon2)cc1. The monoisotopic (exact) mass is 295 g/mol. The first-order valence-corrected chi connectivity index (χ1v) is 8.27. The van der Waals surface area contributed by atoms with Crippen molar-refractivity contribution in [3.05, 3.63) is 36.2 Å². The summed E-state index contributed by atoms with van der Waals surface area (Å²) in [6, 6.07) is 7.63. The van der Waals surface area contributed by atoms with Gasteiger partial charge in [0.2, 0.25) is 12.2 Å². The van der Waals surface area contributed by atoms with Gasteiger partial charge < -0.3 is 9.84 Å². The maximum Gasteiger partial charge on any atom is 0.214 e. The zero-order valence-electron chi connectivity index (χ0n) is 11.4. The molecule has 0 bridgehead atoms. The number of rotatable bonds is 6. The van der Waals surface area contributed by atoms with Gasteiger partial charge in [0.15, 0.2) is 0 Å². The van der Waals surface area contributed by atoms with E-state index in [9.17, 15) is 8.42 Å². The average molecular weight is 295 g/mol. The summed E-state index contributed by atoms with van der Waals surface area (Å²) < 4.78 is 27.0. The summed E-state index contributed by atoms with van der Waals surface area (Å²) in [5.41, 5.74) is 1.95. The number of benzene rings is 1. The van der Waals surface area contributed by atoms with Gasteiger partial charge in [-0.2, -0.15) is 4.98 Å². The molecule has 1 aromatic carbocycles. The third-order valence-corrected chi connectivity index (χ3v) is 3.89. The third kappa shape index (κ3) is 4.43. The van der Waals surface area contributed by atoms with Gasteiger partial charge in [0.05, 0.1) is 5.75 Å². The van der Waals surface area contributed by atoms with Gasteiger partial charge in [-0.15, -0.1) is 0 Å². The lowest BCUT2D eigenvalue weighted by Gasteiger charge is -2.12. The minimum Gasteiger partial charge on any atom is -0.342 e. The topological polar surface area (TPSA) is 85.1 Å². The van der Waals surface area contributed by atoms with E-state index in [0.717, 1.165) is 11.1 Å². The van der Waals surface area contributed by atoms with Gasteiger partial charge in [0, 0.05) is 24.4 Å². The molecule has 0 amide bonds. The molecule has 20 heavy (non-hydrogen) atoms. The Kier molecular flexibility index (Phi) is 4.51. The van der Waals surface area contributed by atoms with E-state index >= 15 is 0 Å². The highest BCUT2D eigenvalue weighted by atomic mass is 32.2. The Morgan fingerprint density at radius 3 is 2.55 bits per heavy atom. The first kappa shape index (κ1) is 14.7. The molecule has 7 heteroatoms. The molecule has 0 saturated carbocycles. The summed E-state index contributed by atoms with van der Waals surface area (Å²) in [4.78, 5) is 3.97. The van der Waals surface area contributed by atoms with Crippen molar-refractivity contribution >= 4 is 9.84 Å². The van der Waals surface area contributed by atoms with Gasteiger partial charge in [-0.25, -0.2) is 8.42 Å². The molecule has 6 nitrogen and oxygen atoms in total. The Bertz CT molecular complexity index is 636. The molecule has 2 rings (SSSR count). The molecule has 108 valence electrons. The number of sulfone groups is 1. The van der Waals surface area contributed by atoms with Crippen molar-refractivity contribution < 1.29 is 12.9 Å². The molecule has 0 fully saturated rings. The van der Waals surface area contributed by atoms with Crippen LogP contribution in [-0.2, 0) is 16.4 Å². The quantitative estimate of drug-likeness (QED) is 0.863. The van der Waals surface area contributed by atoms with Crippen LogP contribution in [-0.4, -0.2) is 36.6 Å². The van der Waals surface area contributed by atoms with E-state index in [1.807, 2.05) is 31.2 Å². The van der Waals surface area contributed by atoms with Crippen LogP contribution in [0.4, 0.5) is 0 Å². The maximum atomic E-state index is 11.2. The zero-order chi connectivity index (χ0) is 14.6. The van der Waals surface area contributed by atoms with Crippen LogP contribution in [0.25, 0.3) is 11.4 Å². The van der Waals surface area contributed by atoms with Crippen LogP contribution in [0.5, 0.6) is 0 Å². The number of hydrogen-bond donors (Lipinski definition) is 1. The summed E-state index contributed by atoms with van der Waals surface area (Å²) in [7, 11) is -2.95. The average Bonchev–Trinajstić information content (AvgIpc) is 2.89. The van der Waals surface area contributed by atoms with Crippen molar-refractivity contribution in [2.45, 2.75) is 19.5 Å². The van der Waals surface area contributed by atoms with Crippen LogP contribution in [0.1, 0.15) is 12.5 Å². The molecule has 2 aromatic rings. The largest absolute Gasteiger partial charge is 0.342 e. The fourth-order valence-electron chi connectivity index (χ4n) is 1.87. The molecule has 0 unspecified atom stereocenters. The van der Waals surface area contributed by atoms with E-state index in [2.05, 4.69) is 15.5 Å². The lowest BCUT2D eigenvalue weighted by molar-refractivity contribution is 0.419. The molecule has 1 heterocycles. The molecular formula is C13H17N3O3S. The zero-order valence-corrected chi connectivity index (χ0v) is 12.2. The second-order valence-electron chi connectivity index (χ2n) is 4.83. The van der Waals surface area contributed by atoms with E-state index in [-0.39, 0.29) is 11.8 Å². The van der Waals surface area contributed by atoms with Gasteiger partial charge in [-0.3, -0.25) is 0 Å². The van der Waals surface area contributed by atoms with Crippen LogP contribution in [0.3, 0.4) is 0 Å². The van der Waals surface area contributed by atoms with E-state index in [1.165, 1.54) is 12.6 Å². The first-order valence-electron chi connectivity index (χ1n) is 6.21. The summed E-state index contributed by atoms with van der Waals surface area (Å²) >= 11 is 0. The van der Waals surface area contributed by atoms with Crippen molar-refractivity contribution in [3.63, 3.8) is 0 Å². The second kappa shape index (κ2) is 6.15. The van der Waals surface area contributed by atoms with Crippen molar-refractivity contribution in [1.29, 1.82) is 0 Å². The summed E-state index contributed by atoms with van der Waals surface area (Å²) in [5.74, 6) is 0.684. The van der Waals surface area contributed by atoms with Crippen molar-refractivity contribution in [1.82, 2.24) is 15.5 Å². The Hall–Kier alpha value is -1.73. The van der Waals surface area contributed by atoms with E-state index in [0.29, 0.717) is 12.4 Å². The minimum absolute atomic E-state index is 0.0816. The lowest BCUT2D eigenvalue weighted by Crippen LogP contribution is -2.32. The normalized spacial score (nSPS) is 13.3. The molecule has 0 aliphatic carbocycles. The van der Waals surface area contributed by atoms with Gasteiger partial charge in [0.25, 0.3) is 0 Å². The Morgan fingerprint density at radius 1 is 1.30 bits per heavy atom. The number of nitrogens with zero attached hydrogens (tertiary/aromatic N) is 2. The van der Waals surface area contributed by atoms with Crippen LogP contribution >= 0.6 is 0 Å². The molecule has 0 saturated heterocycles. The summed E-state index contributed by atoms with van der Waals surface area (Å²) in [6.45, 7) is 2.47. The van der Waals surface area contributed by atoms with Crippen molar-refractivity contribution in [2.24, 2.45) is 0 Å². The highest BCUT2D eigenvalue weighted by Crippen LogP contribution is 2.15. The molecule has 0 radical (unpaired) electrons. The summed E-state index contributed by atoms with van der Waals surface area (Å²) in [5, 5.41) is 6.94. The van der Waals surface area contributed by atoms with Crippen LogP contribution in [0, 0.1) is 0 Å². The third-order valence-electron chi connectivity index (χ3n) is 2.78. The first-order chi connectivity index (χ1) is 9.44. The van der Waals surface area contributed by atoms with Gasteiger partial charge >= 0.3 is 0 Å².